The third-order valence-corrected chi connectivity index (χ3v) is 12.3. The second kappa shape index (κ2) is 16.3. The molecule has 0 radical (unpaired) electrons. The van der Waals surface area contributed by atoms with Crippen LogP contribution in [0.25, 0.3) is 22.3 Å². The summed E-state index contributed by atoms with van der Waals surface area (Å²) < 4.78 is 1.42. The summed E-state index contributed by atoms with van der Waals surface area (Å²) in [4.78, 5) is 0. The van der Waals surface area contributed by atoms with Crippen LogP contribution in [0.4, 0.5) is 0 Å². The van der Waals surface area contributed by atoms with Crippen molar-refractivity contribution < 1.29 is 49.0 Å². The number of halogens is 2. The fourth-order valence-electron chi connectivity index (χ4n) is 7.89. The van der Waals surface area contributed by atoms with Crippen molar-refractivity contribution in [2.24, 2.45) is 10.8 Å². The first kappa shape index (κ1) is 43.9. The van der Waals surface area contributed by atoms with E-state index in [-0.39, 0.29) is 46.5 Å². The van der Waals surface area contributed by atoms with Gasteiger partial charge in [-0.2, -0.15) is 11.6 Å². The summed E-state index contributed by atoms with van der Waals surface area (Å²) in [5.41, 5.74) is 20.2. The summed E-state index contributed by atoms with van der Waals surface area (Å²) in [6.07, 6.45) is 17.4. The summed E-state index contributed by atoms with van der Waals surface area (Å²) in [5, 5.41) is 0. The van der Waals surface area contributed by atoms with E-state index in [2.05, 4.69) is 180 Å². The molecule has 0 N–H and O–H groups in total. The van der Waals surface area contributed by atoms with Crippen molar-refractivity contribution in [1.82, 2.24) is 0 Å². The molecule has 4 aliphatic rings. The van der Waals surface area contributed by atoms with Gasteiger partial charge in [-0.1, -0.05) is 92.9 Å². The van der Waals surface area contributed by atoms with Crippen LogP contribution in [0.3, 0.4) is 0 Å². The summed E-state index contributed by atoms with van der Waals surface area (Å²) in [7, 11) is 0. The smallest absolute Gasteiger partial charge is 0.109 e. The minimum Gasteiger partial charge on any atom is -1.00 e. The van der Waals surface area contributed by atoms with Gasteiger partial charge in [0, 0.05) is 5.41 Å². The molecule has 0 nitrogen and oxygen atoms in total. The fraction of sp³-hybridized carbons (Fsp3) is 0.353. The summed E-state index contributed by atoms with van der Waals surface area (Å²) in [6, 6.07) is 27.5. The number of aryl methyl sites for hydroxylation is 2. The fourth-order valence-corrected chi connectivity index (χ4v) is 8.71. The van der Waals surface area contributed by atoms with E-state index in [1.807, 2.05) is 12.2 Å². The van der Waals surface area contributed by atoms with Crippen LogP contribution in [0, 0.1) is 36.8 Å². The van der Waals surface area contributed by atoms with E-state index in [1.54, 1.807) is 0 Å². The second-order valence-corrected chi connectivity index (χ2v) is 19.5. The molecule has 4 aromatic carbocycles. The molecule has 0 aliphatic heterocycles. The van der Waals surface area contributed by atoms with E-state index in [9.17, 15) is 0 Å². The van der Waals surface area contributed by atoms with Gasteiger partial charge in [-0.05, 0) is 62.3 Å². The molecule has 4 aromatic rings. The normalized spacial score (nSPS) is 16.2. The van der Waals surface area contributed by atoms with E-state index in [4.69, 9.17) is 0 Å². The van der Waals surface area contributed by atoms with Crippen LogP contribution < -0.4 is 24.8 Å². The molecule has 0 saturated carbocycles. The van der Waals surface area contributed by atoms with E-state index in [1.165, 1.54) is 105 Å². The molecule has 0 fully saturated rings. The largest absolute Gasteiger partial charge is 1.00 e. The quantitative estimate of drug-likeness (QED) is 0.165. The van der Waals surface area contributed by atoms with Gasteiger partial charge in [0.1, 0.15) is 0 Å². The third-order valence-electron chi connectivity index (χ3n) is 10.9. The first-order valence-electron chi connectivity index (χ1n) is 19.0. The van der Waals surface area contributed by atoms with Crippen LogP contribution in [0.5, 0.6) is 0 Å². The second-order valence-electron chi connectivity index (χ2n) is 18.3. The molecule has 8 rings (SSSR count). The molecule has 0 unspecified atom stereocenters. The zero-order valence-electron chi connectivity index (χ0n) is 34.4. The van der Waals surface area contributed by atoms with Gasteiger partial charge in [0.05, 0.1) is 0 Å². The molecule has 280 valence electrons. The van der Waals surface area contributed by atoms with Crippen molar-refractivity contribution in [2.45, 2.75) is 107 Å². The Kier molecular flexibility index (Phi) is 13.3. The van der Waals surface area contributed by atoms with Gasteiger partial charge in [0.15, 0.2) is 0 Å². The van der Waals surface area contributed by atoms with E-state index in [0.29, 0.717) is 0 Å². The summed E-state index contributed by atoms with van der Waals surface area (Å²) in [5.74, 6) is 0. The van der Waals surface area contributed by atoms with Crippen molar-refractivity contribution >= 4 is 14.4 Å². The molecule has 0 spiro atoms. The molecule has 54 heavy (non-hydrogen) atoms. The van der Waals surface area contributed by atoms with Crippen molar-refractivity contribution in [3.05, 3.63) is 165 Å². The van der Waals surface area contributed by atoms with E-state index < -0.39 is 0 Å². The third kappa shape index (κ3) is 9.07. The Morgan fingerprint density at radius 2 is 1.15 bits per heavy atom. The van der Waals surface area contributed by atoms with Gasteiger partial charge >= 0.3 is 112 Å². The molecule has 4 aliphatic carbocycles. The van der Waals surface area contributed by atoms with Crippen molar-refractivity contribution in [1.29, 1.82) is 0 Å². The number of rotatable bonds is 2. The molecule has 0 saturated heterocycles. The Labute approximate surface area is 354 Å². The van der Waals surface area contributed by atoms with Gasteiger partial charge in [-0.3, -0.25) is 12.2 Å². The molecular weight excluding hydrogens is 775 g/mol. The van der Waals surface area contributed by atoms with Crippen molar-refractivity contribution in [2.75, 3.05) is 0 Å². The first-order valence-corrected chi connectivity index (χ1v) is 20.2. The summed E-state index contributed by atoms with van der Waals surface area (Å²) in [6.45, 7) is 27.6. The Bertz CT molecular complexity index is 2000. The van der Waals surface area contributed by atoms with E-state index in [0.717, 1.165) is 12.8 Å². The Balaban J connectivity index is 0.000000236. The predicted molar refractivity (Wildman–Crippen MR) is 221 cm³/mol. The van der Waals surface area contributed by atoms with Crippen LogP contribution in [0.2, 0.25) is 0 Å². The molecule has 0 aromatic heterocycles. The Morgan fingerprint density at radius 3 is 1.57 bits per heavy atom. The zero-order chi connectivity index (χ0) is 37.8. The van der Waals surface area contributed by atoms with Gasteiger partial charge in [-0.15, -0.1) is 18.1 Å². The topological polar surface area (TPSA) is 0 Å². The minimum atomic E-state index is -0.0202. The molecule has 0 amide bonds. The van der Waals surface area contributed by atoms with Crippen LogP contribution in [0.15, 0.2) is 97.1 Å². The first-order chi connectivity index (χ1) is 24.3. The minimum absolute atomic E-state index is 0. The number of allylic oxidation sites excluding steroid dienone is 8. The average Bonchev–Trinajstić information content (AvgIpc) is 3.86. The van der Waals surface area contributed by atoms with Gasteiger partial charge in [0.25, 0.3) is 0 Å². The Morgan fingerprint density at radius 1 is 0.648 bits per heavy atom. The SMILES string of the molecule is CC(C)(C)C1=[C-]C(C)(C)c2cc3c(cc21)-c1cc2c(cc1C3)C(C)(C)C=C2C(C)(C)C.Cc1ccc([C](=[Zr+2])c2ccc(C)cc2)cc1.[C-]1=CC=CC1.[Cl-].[Cl-]. The number of hydrogen-bond donors (Lipinski definition) is 0. The van der Waals surface area contributed by atoms with Crippen LogP contribution in [-0.4, -0.2) is 3.21 Å². The van der Waals surface area contributed by atoms with Gasteiger partial charge in [0.2, 0.25) is 0 Å². The molecular formula is C51H56Cl2Zr-2. The number of fused-ring (bicyclic) bond motifs is 5. The molecule has 3 heteroatoms. The van der Waals surface area contributed by atoms with Gasteiger partial charge < -0.3 is 24.8 Å². The molecule has 0 heterocycles. The maximum Gasteiger partial charge on any atom is -0.109 e. The standard InChI is InChI=1S/C31H37.C15H14.C5H5.2ClH.Zr/c1-28(2,3)26-16-30(7,8)24-12-18-11-19-13-25-23(15-21(19)20(18)14-22(24)26)27(29(4,5)6)17-31(25,9)10;1-12-3-7-14(8-4-12)11-15-9-5-13(2)6-10-15;1-2-4-5-3-1;;;/h12-16H,11H2,1-10H3;3-10H,1-2H3;1-3H,4H2;2*1H;/q-1;;-1;;;+2/p-2. The predicted octanol–water partition coefficient (Wildman–Crippen LogP) is 7.24. The molecule has 0 bridgehead atoms. The maximum absolute atomic E-state index is 3.85. The monoisotopic (exact) mass is 828 g/mol. The number of hydrogen-bond acceptors (Lipinski definition) is 0. The molecule has 0 atom stereocenters. The Hall–Kier alpha value is -2.83. The van der Waals surface area contributed by atoms with Crippen LogP contribution in [0.1, 0.15) is 131 Å². The van der Waals surface area contributed by atoms with Crippen LogP contribution in [-0.2, 0) is 41.5 Å². The van der Waals surface area contributed by atoms with E-state index >= 15 is 0 Å². The maximum atomic E-state index is 3.85. The number of benzene rings is 4. The zero-order valence-corrected chi connectivity index (χ0v) is 38.4. The van der Waals surface area contributed by atoms with Crippen molar-refractivity contribution in [3.8, 4) is 11.1 Å². The van der Waals surface area contributed by atoms with Gasteiger partial charge in [-0.25, -0.2) is 17.7 Å². The van der Waals surface area contributed by atoms with Crippen molar-refractivity contribution in [3.63, 3.8) is 0 Å². The van der Waals surface area contributed by atoms with Crippen LogP contribution >= 0.6 is 0 Å². The summed E-state index contributed by atoms with van der Waals surface area (Å²) >= 11 is 1.46. The average molecular weight is 831 g/mol.